The van der Waals surface area contributed by atoms with Crippen molar-refractivity contribution in [3.63, 3.8) is 0 Å². The van der Waals surface area contributed by atoms with Gasteiger partial charge in [-0.2, -0.15) is 0 Å². The Morgan fingerprint density at radius 2 is 2.09 bits per heavy atom. The van der Waals surface area contributed by atoms with Crippen LogP contribution in [0.3, 0.4) is 0 Å². The van der Waals surface area contributed by atoms with Crippen LogP contribution < -0.4 is 10.1 Å². The van der Waals surface area contributed by atoms with Crippen molar-refractivity contribution in [2.75, 3.05) is 13.7 Å². The molecule has 0 aromatic heterocycles. The van der Waals surface area contributed by atoms with Gasteiger partial charge in [-0.1, -0.05) is 13.8 Å². The molecule has 1 heterocycles. The van der Waals surface area contributed by atoms with E-state index in [1.165, 1.54) is 4.90 Å². The van der Waals surface area contributed by atoms with Gasteiger partial charge in [0.25, 0.3) is 5.91 Å². The fraction of sp³-hybridized carbons (Fsp3) is 0.412. The van der Waals surface area contributed by atoms with Gasteiger partial charge < -0.3 is 10.1 Å². The van der Waals surface area contributed by atoms with Crippen LogP contribution in [0.15, 0.2) is 17.8 Å². The Kier molecular flexibility index (Phi) is 4.86. The van der Waals surface area contributed by atoms with Crippen molar-refractivity contribution >= 4 is 29.3 Å². The molecule has 118 valence electrons. The highest BCUT2D eigenvalue weighted by molar-refractivity contribution is 7.80. The number of likely N-dealkylation sites (N-methyl/N-ethyl adjacent to an activating group) is 1. The number of rotatable bonds is 4. The maximum absolute atomic E-state index is 12.1. The summed E-state index contributed by atoms with van der Waals surface area (Å²) in [5.74, 6) is 1.15. The highest BCUT2D eigenvalue weighted by atomic mass is 32.1. The zero-order valence-corrected chi connectivity index (χ0v) is 14.5. The molecule has 1 saturated heterocycles. The molecular weight excluding hydrogens is 296 g/mol. The number of nitrogens with one attached hydrogen (secondary N) is 1. The van der Waals surface area contributed by atoms with E-state index in [4.69, 9.17) is 17.0 Å². The summed E-state index contributed by atoms with van der Waals surface area (Å²) in [5, 5.41) is 3.39. The third kappa shape index (κ3) is 3.14. The molecule has 0 unspecified atom stereocenters. The smallest absolute Gasteiger partial charge is 0.276 e. The van der Waals surface area contributed by atoms with Crippen molar-refractivity contribution in [2.24, 2.45) is 0 Å². The van der Waals surface area contributed by atoms with Crippen LogP contribution in [0.1, 0.15) is 43.4 Å². The van der Waals surface area contributed by atoms with Gasteiger partial charge in [-0.3, -0.25) is 9.69 Å². The van der Waals surface area contributed by atoms with Gasteiger partial charge in [-0.05, 0) is 66.9 Å². The van der Waals surface area contributed by atoms with Crippen LogP contribution in [-0.2, 0) is 4.79 Å². The summed E-state index contributed by atoms with van der Waals surface area (Å²) in [5.41, 5.74) is 3.71. The van der Waals surface area contributed by atoms with Crippen LogP contribution in [0.25, 0.3) is 6.08 Å². The van der Waals surface area contributed by atoms with Crippen LogP contribution in [0.2, 0.25) is 0 Å². The third-order valence-corrected chi connectivity index (χ3v) is 4.08. The summed E-state index contributed by atoms with van der Waals surface area (Å²) >= 11 is 5.10. The number of amides is 1. The van der Waals surface area contributed by atoms with Gasteiger partial charge in [0.1, 0.15) is 11.4 Å². The Labute approximate surface area is 137 Å². The number of benzene rings is 1. The van der Waals surface area contributed by atoms with E-state index >= 15 is 0 Å². The summed E-state index contributed by atoms with van der Waals surface area (Å²) in [6.45, 7) is 8.89. The van der Waals surface area contributed by atoms with E-state index in [-0.39, 0.29) is 5.91 Å². The van der Waals surface area contributed by atoms with Gasteiger partial charge in [0.05, 0.1) is 6.61 Å². The van der Waals surface area contributed by atoms with E-state index in [1.54, 1.807) is 7.05 Å². The molecular formula is C17H22N2O2S. The normalized spacial score (nSPS) is 16.6. The Hall–Kier alpha value is -1.88. The predicted molar refractivity (Wildman–Crippen MR) is 92.9 cm³/mol. The molecule has 1 N–H and O–H groups in total. The Bertz CT molecular complexity index is 650. The van der Waals surface area contributed by atoms with Crippen molar-refractivity contribution < 1.29 is 9.53 Å². The second-order valence-corrected chi connectivity index (χ2v) is 6.07. The maximum Gasteiger partial charge on any atom is 0.276 e. The molecule has 0 saturated carbocycles. The molecule has 0 aliphatic carbocycles. The summed E-state index contributed by atoms with van der Waals surface area (Å²) in [6, 6.07) is 4.13. The zero-order valence-electron chi connectivity index (χ0n) is 13.7. The van der Waals surface area contributed by atoms with Crippen LogP contribution in [0.4, 0.5) is 0 Å². The van der Waals surface area contributed by atoms with E-state index in [9.17, 15) is 4.79 Å². The maximum atomic E-state index is 12.1. The molecule has 1 aromatic rings. The summed E-state index contributed by atoms with van der Waals surface area (Å²) in [4.78, 5) is 13.5. The quantitative estimate of drug-likeness (QED) is 0.684. The van der Waals surface area contributed by atoms with Crippen molar-refractivity contribution in [3.05, 3.63) is 34.5 Å². The van der Waals surface area contributed by atoms with Crippen LogP contribution >= 0.6 is 12.2 Å². The lowest BCUT2D eigenvalue weighted by molar-refractivity contribution is -0.121. The fourth-order valence-electron chi connectivity index (χ4n) is 2.38. The van der Waals surface area contributed by atoms with Crippen molar-refractivity contribution in [1.82, 2.24) is 10.2 Å². The van der Waals surface area contributed by atoms with Crippen LogP contribution in [0.5, 0.6) is 5.75 Å². The minimum absolute atomic E-state index is 0.107. The number of carbonyl (C=O) groups excluding carboxylic acids is 1. The average Bonchev–Trinajstić information content (AvgIpc) is 2.69. The van der Waals surface area contributed by atoms with Gasteiger partial charge in [-0.25, -0.2) is 0 Å². The first-order chi connectivity index (χ1) is 10.3. The largest absolute Gasteiger partial charge is 0.494 e. The second-order valence-electron chi connectivity index (χ2n) is 5.69. The van der Waals surface area contributed by atoms with E-state index in [0.29, 0.717) is 23.3 Å². The van der Waals surface area contributed by atoms with Gasteiger partial charge in [0.15, 0.2) is 5.11 Å². The average molecular weight is 318 g/mol. The molecule has 1 aromatic carbocycles. The van der Waals surface area contributed by atoms with Crippen molar-refractivity contribution in [3.8, 4) is 5.75 Å². The van der Waals surface area contributed by atoms with E-state index in [2.05, 4.69) is 25.2 Å². The van der Waals surface area contributed by atoms with Gasteiger partial charge in [0.2, 0.25) is 0 Å². The van der Waals surface area contributed by atoms with E-state index < -0.39 is 0 Å². The minimum atomic E-state index is -0.107. The van der Waals surface area contributed by atoms with Crippen molar-refractivity contribution in [2.45, 2.75) is 33.6 Å². The van der Waals surface area contributed by atoms with Crippen LogP contribution in [-0.4, -0.2) is 29.6 Å². The molecule has 0 radical (unpaired) electrons. The number of hydrogen-bond acceptors (Lipinski definition) is 3. The molecule has 1 fully saturated rings. The lowest BCUT2D eigenvalue weighted by Gasteiger charge is -2.16. The first-order valence-electron chi connectivity index (χ1n) is 7.43. The molecule has 1 aliphatic heterocycles. The third-order valence-electron chi connectivity index (χ3n) is 3.70. The molecule has 1 amide bonds. The number of aryl methyl sites for hydroxylation is 1. The minimum Gasteiger partial charge on any atom is -0.494 e. The molecule has 0 atom stereocenters. The van der Waals surface area contributed by atoms with E-state index in [0.717, 1.165) is 22.4 Å². The SMILES string of the molecule is CCOc1cc(C)c(C=C2NC(=S)N(C)C2=O)cc1C(C)C. The number of carbonyl (C=O) groups is 1. The highest BCUT2D eigenvalue weighted by Gasteiger charge is 2.27. The Balaban J connectivity index is 2.46. The number of thiocarbonyl (C=S) groups is 1. The lowest BCUT2D eigenvalue weighted by Crippen LogP contribution is -2.25. The first kappa shape index (κ1) is 16.5. The molecule has 5 heteroatoms. The molecule has 1 aliphatic rings. The number of ether oxygens (including phenoxy) is 1. The summed E-state index contributed by atoms with van der Waals surface area (Å²) in [6.07, 6.45) is 1.86. The first-order valence-corrected chi connectivity index (χ1v) is 7.84. The molecule has 22 heavy (non-hydrogen) atoms. The Morgan fingerprint density at radius 3 is 2.59 bits per heavy atom. The topological polar surface area (TPSA) is 41.6 Å². The Morgan fingerprint density at radius 1 is 1.41 bits per heavy atom. The number of hydrogen-bond donors (Lipinski definition) is 1. The molecule has 0 bridgehead atoms. The van der Waals surface area contributed by atoms with Gasteiger partial charge in [-0.15, -0.1) is 0 Å². The molecule has 0 spiro atoms. The van der Waals surface area contributed by atoms with Gasteiger partial charge in [0, 0.05) is 7.05 Å². The summed E-state index contributed by atoms with van der Waals surface area (Å²) < 4.78 is 5.73. The standard InChI is InChI=1S/C17H22N2O2S/c1-6-21-15-7-11(4)12(8-13(15)10(2)3)9-14-16(20)19(5)17(22)18-14/h7-10H,6H2,1-5H3,(H,18,22). The van der Waals surface area contributed by atoms with E-state index in [1.807, 2.05) is 26.0 Å². The monoisotopic (exact) mass is 318 g/mol. The highest BCUT2D eigenvalue weighted by Crippen LogP contribution is 2.31. The van der Waals surface area contributed by atoms with Gasteiger partial charge >= 0.3 is 0 Å². The predicted octanol–water partition coefficient (Wildman–Crippen LogP) is 3.20. The summed E-state index contributed by atoms with van der Waals surface area (Å²) in [7, 11) is 1.67. The molecule has 4 nitrogen and oxygen atoms in total. The van der Waals surface area contributed by atoms with Crippen molar-refractivity contribution in [1.29, 1.82) is 0 Å². The second kappa shape index (κ2) is 6.48. The number of nitrogens with zero attached hydrogens (tertiary/aromatic N) is 1. The lowest BCUT2D eigenvalue weighted by atomic mass is 9.96. The molecule has 2 rings (SSSR count). The zero-order chi connectivity index (χ0) is 16.4. The van der Waals surface area contributed by atoms with Crippen LogP contribution in [0, 0.1) is 6.92 Å². The fourth-order valence-corrected chi connectivity index (χ4v) is 2.57.